The third-order valence-corrected chi connectivity index (χ3v) is 7.13. The van der Waals surface area contributed by atoms with Crippen molar-refractivity contribution in [1.82, 2.24) is 4.90 Å². The quantitative estimate of drug-likeness (QED) is 0.217. The van der Waals surface area contributed by atoms with Crippen LogP contribution in [0.2, 0.25) is 0 Å². The van der Waals surface area contributed by atoms with E-state index >= 15 is 0 Å². The lowest BCUT2D eigenvalue weighted by molar-refractivity contribution is -0.159. The zero-order valence-corrected chi connectivity index (χ0v) is 23.5. The van der Waals surface area contributed by atoms with Gasteiger partial charge in [0.05, 0.1) is 13.7 Å². The van der Waals surface area contributed by atoms with Crippen LogP contribution in [0.15, 0.2) is 97.1 Å². The van der Waals surface area contributed by atoms with Gasteiger partial charge < -0.3 is 23.8 Å². The average Bonchev–Trinajstić information content (AvgIpc) is 3.03. The Labute approximate surface area is 244 Å². The molecule has 216 valence electrons. The van der Waals surface area contributed by atoms with Gasteiger partial charge in [0.2, 0.25) is 6.10 Å². The number of rotatable bonds is 10. The number of esters is 1. The first-order valence-corrected chi connectivity index (χ1v) is 13.8. The number of fused-ring (bicyclic) bond motifs is 1. The minimum absolute atomic E-state index is 0.0638. The molecule has 0 aromatic heterocycles. The molecule has 1 aliphatic heterocycles. The maximum atomic E-state index is 14.6. The fourth-order valence-corrected chi connectivity index (χ4v) is 5.05. The monoisotopic (exact) mass is 569 g/mol. The van der Waals surface area contributed by atoms with E-state index in [1.165, 1.54) is 17.0 Å². The van der Waals surface area contributed by atoms with Gasteiger partial charge in [-0.25, -0.2) is 9.18 Å². The summed E-state index contributed by atoms with van der Waals surface area (Å²) >= 11 is 0. The Bertz CT molecular complexity index is 1530. The maximum Gasteiger partial charge on any atom is 0.329 e. The summed E-state index contributed by atoms with van der Waals surface area (Å²) in [6, 6.07) is 27.2. The van der Waals surface area contributed by atoms with Crippen molar-refractivity contribution >= 4 is 11.9 Å². The average molecular weight is 570 g/mol. The van der Waals surface area contributed by atoms with E-state index in [0.717, 1.165) is 16.7 Å². The van der Waals surface area contributed by atoms with Crippen molar-refractivity contribution in [1.29, 1.82) is 0 Å². The van der Waals surface area contributed by atoms with Gasteiger partial charge >= 0.3 is 5.97 Å². The summed E-state index contributed by atoms with van der Waals surface area (Å²) in [6.45, 7) is 2.25. The molecule has 7 nitrogen and oxygen atoms in total. The van der Waals surface area contributed by atoms with E-state index in [9.17, 15) is 14.0 Å². The van der Waals surface area contributed by atoms with Gasteiger partial charge in [0.1, 0.15) is 12.6 Å². The van der Waals surface area contributed by atoms with Crippen LogP contribution in [0, 0.1) is 5.82 Å². The molecule has 2 atom stereocenters. The van der Waals surface area contributed by atoms with E-state index in [1.54, 1.807) is 56.5 Å². The molecule has 0 saturated heterocycles. The lowest BCUT2D eigenvalue weighted by Crippen LogP contribution is -2.51. The Morgan fingerprint density at radius 1 is 0.905 bits per heavy atom. The minimum atomic E-state index is -1.20. The first kappa shape index (κ1) is 28.7. The fourth-order valence-electron chi connectivity index (χ4n) is 5.05. The molecule has 0 saturated carbocycles. The highest BCUT2D eigenvalue weighted by molar-refractivity contribution is 5.89. The highest BCUT2D eigenvalue weighted by Gasteiger charge is 2.41. The number of hydrogen-bond donors (Lipinski definition) is 0. The molecule has 8 heteroatoms. The molecule has 0 bridgehead atoms. The van der Waals surface area contributed by atoms with Crippen LogP contribution >= 0.6 is 0 Å². The molecule has 1 heterocycles. The molecular formula is C34H32FNO6. The second kappa shape index (κ2) is 13.2. The predicted octanol–water partition coefficient (Wildman–Crippen LogP) is 6.05. The van der Waals surface area contributed by atoms with Crippen molar-refractivity contribution < 1.29 is 32.9 Å². The SMILES string of the molecule is CCOC(=O)[C@@H]1Cc2c(ccc(OC)c2OCc2ccccc2)CN1C(=O)C(Oc1ccccc1F)c1ccccc1. The summed E-state index contributed by atoms with van der Waals surface area (Å²) in [4.78, 5) is 29.1. The summed E-state index contributed by atoms with van der Waals surface area (Å²) in [5, 5.41) is 0. The van der Waals surface area contributed by atoms with Crippen LogP contribution < -0.4 is 14.2 Å². The smallest absolute Gasteiger partial charge is 0.329 e. The Balaban J connectivity index is 1.52. The van der Waals surface area contributed by atoms with E-state index in [0.29, 0.717) is 23.7 Å². The highest BCUT2D eigenvalue weighted by atomic mass is 19.1. The van der Waals surface area contributed by atoms with Crippen LogP contribution in [0.4, 0.5) is 4.39 Å². The molecule has 1 aliphatic rings. The zero-order chi connectivity index (χ0) is 29.5. The first-order valence-electron chi connectivity index (χ1n) is 13.8. The Hall–Kier alpha value is -4.85. The van der Waals surface area contributed by atoms with Gasteiger partial charge in [-0.3, -0.25) is 4.79 Å². The summed E-state index contributed by atoms with van der Waals surface area (Å²) < 4.78 is 37.9. The van der Waals surface area contributed by atoms with Crippen LogP contribution in [-0.4, -0.2) is 36.5 Å². The van der Waals surface area contributed by atoms with E-state index in [1.807, 2.05) is 42.5 Å². The Morgan fingerprint density at radius 2 is 1.60 bits per heavy atom. The Kier molecular flexibility index (Phi) is 9.02. The van der Waals surface area contributed by atoms with Crippen LogP contribution in [-0.2, 0) is 33.9 Å². The molecular weight excluding hydrogens is 537 g/mol. The van der Waals surface area contributed by atoms with E-state index < -0.39 is 29.8 Å². The van der Waals surface area contributed by atoms with Crippen molar-refractivity contribution in [3.05, 3.63) is 125 Å². The van der Waals surface area contributed by atoms with Gasteiger partial charge in [-0.1, -0.05) is 78.9 Å². The lowest BCUT2D eigenvalue weighted by Gasteiger charge is -2.38. The van der Waals surface area contributed by atoms with Crippen molar-refractivity contribution in [2.24, 2.45) is 0 Å². The van der Waals surface area contributed by atoms with Gasteiger partial charge in [0.15, 0.2) is 23.1 Å². The summed E-state index contributed by atoms with van der Waals surface area (Å²) in [7, 11) is 1.56. The van der Waals surface area contributed by atoms with E-state index in [-0.39, 0.29) is 25.3 Å². The maximum absolute atomic E-state index is 14.6. The van der Waals surface area contributed by atoms with Crippen molar-refractivity contribution in [3.8, 4) is 17.2 Å². The van der Waals surface area contributed by atoms with Crippen LogP contribution in [0.3, 0.4) is 0 Å². The van der Waals surface area contributed by atoms with Gasteiger partial charge in [0, 0.05) is 24.1 Å². The molecule has 5 rings (SSSR count). The number of hydrogen-bond acceptors (Lipinski definition) is 6. The largest absolute Gasteiger partial charge is 0.493 e. The lowest BCUT2D eigenvalue weighted by atomic mass is 9.91. The van der Waals surface area contributed by atoms with Crippen molar-refractivity contribution in [2.75, 3.05) is 13.7 Å². The molecule has 0 spiro atoms. The third-order valence-electron chi connectivity index (χ3n) is 7.13. The van der Waals surface area contributed by atoms with Gasteiger partial charge in [0.25, 0.3) is 5.91 Å². The topological polar surface area (TPSA) is 74.3 Å². The summed E-state index contributed by atoms with van der Waals surface area (Å²) in [5.74, 6) is -0.656. The fraction of sp³-hybridized carbons (Fsp3) is 0.235. The number of halogens is 1. The Morgan fingerprint density at radius 3 is 2.29 bits per heavy atom. The number of ether oxygens (including phenoxy) is 4. The molecule has 0 aliphatic carbocycles. The number of amides is 1. The molecule has 42 heavy (non-hydrogen) atoms. The van der Waals surface area contributed by atoms with Crippen molar-refractivity contribution in [3.63, 3.8) is 0 Å². The number of methoxy groups -OCH3 is 1. The number of nitrogens with zero attached hydrogens (tertiary/aromatic N) is 1. The number of benzene rings is 4. The van der Waals surface area contributed by atoms with E-state index in [4.69, 9.17) is 18.9 Å². The number of carbonyl (C=O) groups is 2. The van der Waals surface area contributed by atoms with Crippen LogP contribution in [0.25, 0.3) is 0 Å². The van der Waals surface area contributed by atoms with Gasteiger partial charge in [-0.15, -0.1) is 0 Å². The third kappa shape index (κ3) is 6.22. The first-order chi connectivity index (χ1) is 20.5. The number of para-hydroxylation sites is 1. The van der Waals surface area contributed by atoms with Gasteiger partial charge in [-0.05, 0) is 36.2 Å². The molecule has 4 aromatic rings. The minimum Gasteiger partial charge on any atom is -0.493 e. The van der Waals surface area contributed by atoms with Crippen LogP contribution in [0.5, 0.6) is 17.2 Å². The molecule has 0 fully saturated rings. The number of carbonyl (C=O) groups excluding carboxylic acids is 2. The predicted molar refractivity (Wildman–Crippen MR) is 155 cm³/mol. The van der Waals surface area contributed by atoms with Crippen molar-refractivity contribution in [2.45, 2.75) is 38.6 Å². The highest BCUT2D eigenvalue weighted by Crippen LogP contribution is 2.40. The van der Waals surface area contributed by atoms with Gasteiger partial charge in [-0.2, -0.15) is 0 Å². The molecule has 1 unspecified atom stereocenters. The zero-order valence-electron chi connectivity index (χ0n) is 23.5. The molecule has 0 radical (unpaired) electrons. The van der Waals surface area contributed by atoms with E-state index in [2.05, 4.69) is 0 Å². The normalized spacial score (nSPS) is 14.8. The molecule has 4 aromatic carbocycles. The van der Waals surface area contributed by atoms with Crippen LogP contribution in [0.1, 0.15) is 35.3 Å². The second-order valence-corrected chi connectivity index (χ2v) is 9.79. The molecule has 1 amide bonds. The summed E-state index contributed by atoms with van der Waals surface area (Å²) in [5.41, 5.74) is 3.06. The standard InChI is InChI=1S/C34H32FNO6/c1-3-40-34(38)28-20-26-25(18-19-30(39-2)32(26)41-22-23-12-6-4-7-13-23)21-36(28)33(37)31(24-14-8-5-9-15-24)42-29-17-11-10-16-27(29)35/h4-19,28,31H,3,20-22H2,1-2H3/t28-,31?/m0/s1. The second-order valence-electron chi connectivity index (χ2n) is 9.79. The molecule has 0 N–H and O–H groups in total. The summed E-state index contributed by atoms with van der Waals surface area (Å²) in [6.07, 6.45) is -1.06.